The van der Waals surface area contributed by atoms with Gasteiger partial charge in [0.05, 0.1) is 6.04 Å². The topological polar surface area (TPSA) is 49.6 Å². The number of carbonyl (C=O) groups excluding carboxylic acids is 1. The molecule has 1 rings (SSSR count). The second kappa shape index (κ2) is 7.92. The second-order valence-corrected chi connectivity index (χ2v) is 5.06. The predicted molar refractivity (Wildman–Crippen MR) is 78.7 cm³/mol. The number of carbonyl (C=O) groups is 1. The molecule has 106 valence electrons. The number of benzene rings is 1. The average Bonchev–Trinajstić information content (AvgIpc) is 2.42. The number of hydrogen-bond acceptors (Lipinski definition) is 3. The number of likely N-dealkylation sites (N-methyl/N-ethyl adjacent to an activating group) is 1. The van der Waals surface area contributed by atoms with Gasteiger partial charge in [-0.3, -0.25) is 4.79 Å². The van der Waals surface area contributed by atoms with Crippen molar-refractivity contribution in [3.05, 3.63) is 35.9 Å². The lowest BCUT2D eigenvalue weighted by atomic mass is 10.1. The smallest absolute Gasteiger partial charge is 0.239 e. The van der Waals surface area contributed by atoms with E-state index in [-0.39, 0.29) is 5.91 Å². The molecule has 2 N–H and O–H groups in total. The summed E-state index contributed by atoms with van der Waals surface area (Å²) in [4.78, 5) is 16.2. The van der Waals surface area contributed by atoms with Gasteiger partial charge in [0.1, 0.15) is 0 Å². The minimum absolute atomic E-state index is 0.0354. The molecule has 0 aliphatic carbocycles. The van der Waals surface area contributed by atoms with Crippen molar-refractivity contribution in [2.75, 3.05) is 27.2 Å². The molecule has 0 aliphatic rings. The van der Waals surface area contributed by atoms with Gasteiger partial charge in [-0.2, -0.15) is 0 Å². The molecule has 1 aromatic carbocycles. The maximum atomic E-state index is 12.3. The third kappa shape index (κ3) is 5.41. The van der Waals surface area contributed by atoms with Gasteiger partial charge in [-0.05, 0) is 26.1 Å². The predicted octanol–water partition coefficient (Wildman–Crippen LogP) is 1.31. The summed E-state index contributed by atoms with van der Waals surface area (Å²) in [5, 5.41) is 0. The van der Waals surface area contributed by atoms with Crippen molar-refractivity contribution in [2.24, 2.45) is 5.73 Å². The molecule has 4 nitrogen and oxygen atoms in total. The van der Waals surface area contributed by atoms with Crippen molar-refractivity contribution in [3.63, 3.8) is 0 Å². The van der Waals surface area contributed by atoms with Crippen molar-refractivity contribution in [1.82, 2.24) is 9.80 Å². The molecule has 0 aliphatic heterocycles. The Bertz CT molecular complexity index is 378. The summed E-state index contributed by atoms with van der Waals surface area (Å²) < 4.78 is 0. The molecular weight excluding hydrogens is 238 g/mol. The van der Waals surface area contributed by atoms with E-state index in [1.54, 1.807) is 0 Å². The molecule has 1 aromatic rings. The Labute approximate surface area is 116 Å². The average molecular weight is 263 g/mol. The van der Waals surface area contributed by atoms with Crippen LogP contribution in [0.1, 0.15) is 18.9 Å². The molecule has 0 bridgehead atoms. The van der Waals surface area contributed by atoms with E-state index in [4.69, 9.17) is 5.73 Å². The van der Waals surface area contributed by atoms with Gasteiger partial charge < -0.3 is 15.5 Å². The summed E-state index contributed by atoms with van der Waals surface area (Å²) in [5.41, 5.74) is 7.01. The Hall–Kier alpha value is -1.39. The molecule has 0 saturated carbocycles. The summed E-state index contributed by atoms with van der Waals surface area (Å²) in [6.45, 7) is 4.11. The highest BCUT2D eigenvalue weighted by atomic mass is 16.2. The van der Waals surface area contributed by atoms with Gasteiger partial charge in [0.15, 0.2) is 0 Å². The van der Waals surface area contributed by atoms with Crippen LogP contribution in [-0.2, 0) is 11.3 Å². The fourth-order valence-electron chi connectivity index (χ4n) is 1.80. The van der Waals surface area contributed by atoms with E-state index < -0.39 is 6.04 Å². The molecule has 4 heteroatoms. The first-order valence-electron chi connectivity index (χ1n) is 6.77. The zero-order chi connectivity index (χ0) is 14.3. The minimum Gasteiger partial charge on any atom is -0.336 e. The molecule has 0 heterocycles. The molecule has 1 atom stereocenters. The number of hydrogen-bond donors (Lipinski definition) is 1. The maximum Gasteiger partial charge on any atom is 0.239 e. The highest BCUT2D eigenvalue weighted by Gasteiger charge is 2.19. The molecule has 0 unspecified atom stereocenters. The third-order valence-corrected chi connectivity index (χ3v) is 3.10. The van der Waals surface area contributed by atoms with E-state index in [1.807, 2.05) is 56.3 Å². The SMILES string of the molecule is CC[C@@H](N)C(=O)N(CCN(C)C)Cc1ccccc1. The zero-order valence-corrected chi connectivity index (χ0v) is 12.2. The molecule has 0 spiro atoms. The van der Waals surface area contributed by atoms with Crippen LogP contribution in [0.25, 0.3) is 0 Å². The lowest BCUT2D eigenvalue weighted by molar-refractivity contribution is -0.133. The van der Waals surface area contributed by atoms with Gasteiger partial charge in [0, 0.05) is 19.6 Å². The molecular formula is C15H25N3O. The molecule has 1 amide bonds. The van der Waals surface area contributed by atoms with Crippen LogP contribution in [0, 0.1) is 0 Å². The first kappa shape index (κ1) is 15.7. The van der Waals surface area contributed by atoms with E-state index in [1.165, 1.54) is 0 Å². The molecule has 0 saturated heterocycles. The van der Waals surface area contributed by atoms with E-state index in [0.29, 0.717) is 19.5 Å². The molecule has 0 radical (unpaired) electrons. The van der Waals surface area contributed by atoms with Crippen LogP contribution in [0.2, 0.25) is 0 Å². The van der Waals surface area contributed by atoms with E-state index in [9.17, 15) is 4.79 Å². The fourth-order valence-corrected chi connectivity index (χ4v) is 1.80. The molecule has 0 aromatic heterocycles. The summed E-state index contributed by atoms with van der Waals surface area (Å²) in [7, 11) is 4.01. The quantitative estimate of drug-likeness (QED) is 0.807. The Morgan fingerprint density at radius 2 is 1.84 bits per heavy atom. The van der Waals surface area contributed by atoms with Crippen molar-refractivity contribution in [3.8, 4) is 0 Å². The summed E-state index contributed by atoms with van der Waals surface area (Å²) in [6.07, 6.45) is 0.673. The third-order valence-electron chi connectivity index (χ3n) is 3.10. The summed E-state index contributed by atoms with van der Waals surface area (Å²) >= 11 is 0. The largest absolute Gasteiger partial charge is 0.336 e. The van der Waals surface area contributed by atoms with Crippen LogP contribution in [0.15, 0.2) is 30.3 Å². The molecule has 0 fully saturated rings. The summed E-state index contributed by atoms with van der Waals surface area (Å²) in [5.74, 6) is 0.0354. The number of nitrogens with two attached hydrogens (primary N) is 1. The van der Waals surface area contributed by atoms with Gasteiger partial charge in [-0.25, -0.2) is 0 Å². The zero-order valence-electron chi connectivity index (χ0n) is 12.2. The Kier molecular flexibility index (Phi) is 6.53. The first-order valence-corrected chi connectivity index (χ1v) is 6.77. The minimum atomic E-state index is -0.397. The number of nitrogens with zero attached hydrogens (tertiary/aromatic N) is 2. The van der Waals surface area contributed by atoms with E-state index in [0.717, 1.165) is 12.1 Å². The van der Waals surface area contributed by atoms with E-state index >= 15 is 0 Å². The van der Waals surface area contributed by atoms with Crippen molar-refractivity contribution in [2.45, 2.75) is 25.9 Å². The van der Waals surface area contributed by atoms with Crippen LogP contribution in [0.3, 0.4) is 0 Å². The monoisotopic (exact) mass is 263 g/mol. The molecule has 19 heavy (non-hydrogen) atoms. The van der Waals surface area contributed by atoms with Crippen molar-refractivity contribution < 1.29 is 4.79 Å². The standard InChI is InChI=1S/C15H25N3O/c1-4-14(16)15(19)18(11-10-17(2)3)12-13-8-6-5-7-9-13/h5-9,14H,4,10-12,16H2,1-3H3/t14-/m1/s1. The Morgan fingerprint density at radius 3 is 2.37 bits per heavy atom. The van der Waals surface area contributed by atoms with Gasteiger partial charge >= 0.3 is 0 Å². The summed E-state index contributed by atoms with van der Waals surface area (Å²) in [6, 6.07) is 9.63. The maximum absolute atomic E-state index is 12.3. The van der Waals surface area contributed by atoms with Gasteiger partial charge in [-0.1, -0.05) is 37.3 Å². The fraction of sp³-hybridized carbons (Fsp3) is 0.533. The Morgan fingerprint density at radius 1 is 1.21 bits per heavy atom. The van der Waals surface area contributed by atoms with Crippen LogP contribution in [0.4, 0.5) is 0 Å². The normalized spacial score (nSPS) is 12.5. The number of amides is 1. The van der Waals surface area contributed by atoms with Crippen LogP contribution in [-0.4, -0.2) is 48.9 Å². The van der Waals surface area contributed by atoms with Gasteiger partial charge in [0.2, 0.25) is 5.91 Å². The lowest BCUT2D eigenvalue weighted by Crippen LogP contribution is -2.45. The first-order chi connectivity index (χ1) is 9.04. The van der Waals surface area contributed by atoms with Crippen LogP contribution < -0.4 is 5.73 Å². The van der Waals surface area contributed by atoms with Crippen LogP contribution in [0.5, 0.6) is 0 Å². The lowest BCUT2D eigenvalue weighted by Gasteiger charge is -2.27. The highest BCUT2D eigenvalue weighted by molar-refractivity contribution is 5.81. The van der Waals surface area contributed by atoms with Gasteiger partial charge in [0.25, 0.3) is 0 Å². The van der Waals surface area contributed by atoms with E-state index in [2.05, 4.69) is 4.90 Å². The number of rotatable bonds is 7. The highest BCUT2D eigenvalue weighted by Crippen LogP contribution is 2.07. The van der Waals surface area contributed by atoms with Crippen molar-refractivity contribution >= 4 is 5.91 Å². The Balaban J connectivity index is 2.71. The van der Waals surface area contributed by atoms with Gasteiger partial charge in [-0.15, -0.1) is 0 Å². The van der Waals surface area contributed by atoms with Crippen LogP contribution >= 0.6 is 0 Å². The second-order valence-electron chi connectivity index (χ2n) is 5.06. The van der Waals surface area contributed by atoms with Crippen molar-refractivity contribution in [1.29, 1.82) is 0 Å².